The van der Waals surface area contributed by atoms with Crippen LogP contribution in [0.4, 0.5) is 0 Å². The van der Waals surface area contributed by atoms with E-state index in [9.17, 15) is 0 Å². The smallest absolute Gasteiger partial charge is 0.0247 e. The summed E-state index contributed by atoms with van der Waals surface area (Å²) in [6.45, 7) is 5.55. The van der Waals surface area contributed by atoms with Gasteiger partial charge in [0, 0.05) is 18.6 Å². The van der Waals surface area contributed by atoms with Crippen molar-refractivity contribution in [1.82, 2.24) is 4.90 Å². The van der Waals surface area contributed by atoms with E-state index in [0.717, 1.165) is 6.54 Å². The van der Waals surface area contributed by atoms with E-state index in [1.807, 2.05) is 0 Å². The Balaban J connectivity index is 1.95. The lowest BCUT2D eigenvalue weighted by atomic mass is 9.97. The molecule has 106 valence electrons. The molecule has 3 unspecified atom stereocenters. The van der Waals surface area contributed by atoms with Gasteiger partial charge >= 0.3 is 0 Å². The van der Waals surface area contributed by atoms with Crippen LogP contribution in [0.3, 0.4) is 0 Å². The molecule has 2 heteroatoms. The van der Waals surface area contributed by atoms with Gasteiger partial charge in [0.1, 0.15) is 0 Å². The molecule has 1 aliphatic carbocycles. The Morgan fingerprint density at radius 1 is 1.26 bits per heavy atom. The highest BCUT2D eigenvalue weighted by molar-refractivity contribution is 5.25. The molecule has 0 amide bonds. The first kappa shape index (κ1) is 14.5. The Hall–Kier alpha value is -0.860. The van der Waals surface area contributed by atoms with E-state index < -0.39 is 0 Å². The van der Waals surface area contributed by atoms with Gasteiger partial charge in [-0.1, -0.05) is 44.5 Å². The molecular formula is C17H28N2. The standard InChI is InChI=1S/C17H28N2/c1-4-13(2)15-10-8-14(9-11-15)12-19(3)17-7-5-6-16(17)18/h8-11,13,16-17H,4-7,12,18H2,1-3H3. The Morgan fingerprint density at radius 3 is 2.47 bits per heavy atom. The molecule has 0 aliphatic heterocycles. The summed E-state index contributed by atoms with van der Waals surface area (Å²) in [5.74, 6) is 0.662. The molecule has 0 spiro atoms. The van der Waals surface area contributed by atoms with Gasteiger partial charge in [0.15, 0.2) is 0 Å². The van der Waals surface area contributed by atoms with Crippen LogP contribution in [-0.2, 0) is 6.54 Å². The molecule has 0 aromatic heterocycles. The molecule has 3 atom stereocenters. The maximum atomic E-state index is 6.17. The van der Waals surface area contributed by atoms with E-state index in [0.29, 0.717) is 18.0 Å². The van der Waals surface area contributed by atoms with Crippen molar-refractivity contribution >= 4 is 0 Å². The largest absolute Gasteiger partial charge is 0.326 e. The summed E-state index contributed by atoms with van der Waals surface area (Å²) in [4.78, 5) is 2.43. The molecule has 0 saturated heterocycles. The Kier molecular flexibility index (Phi) is 5.00. The monoisotopic (exact) mass is 260 g/mol. The first-order valence-electron chi connectivity index (χ1n) is 7.66. The quantitative estimate of drug-likeness (QED) is 0.878. The fourth-order valence-corrected chi connectivity index (χ4v) is 3.11. The highest BCUT2D eigenvalue weighted by Gasteiger charge is 2.27. The van der Waals surface area contributed by atoms with Crippen molar-refractivity contribution in [3.8, 4) is 0 Å². The summed E-state index contributed by atoms with van der Waals surface area (Å²) >= 11 is 0. The topological polar surface area (TPSA) is 29.3 Å². The molecule has 0 heterocycles. The van der Waals surface area contributed by atoms with Crippen molar-refractivity contribution in [1.29, 1.82) is 0 Å². The van der Waals surface area contributed by atoms with Crippen LogP contribution in [0.25, 0.3) is 0 Å². The van der Waals surface area contributed by atoms with Crippen molar-refractivity contribution in [3.63, 3.8) is 0 Å². The minimum absolute atomic E-state index is 0.365. The Morgan fingerprint density at radius 2 is 1.95 bits per heavy atom. The Bertz CT molecular complexity index is 385. The van der Waals surface area contributed by atoms with Gasteiger partial charge in [-0.2, -0.15) is 0 Å². The van der Waals surface area contributed by atoms with E-state index >= 15 is 0 Å². The first-order chi connectivity index (χ1) is 9.11. The van der Waals surface area contributed by atoms with Crippen molar-refractivity contribution in [2.24, 2.45) is 5.73 Å². The lowest BCUT2D eigenvalue weighted by molar-refractivity contribution is 0.220. The van der Waals surface area contributed by atoms with E-state index in [2.05, 4.69) is 50.1 Å². The fraction of sp³-hybridized carbons (Fsp3) is 0.647. The molecule has 1 saturated carbocycles. The fourth-order valence-electron chi connectivity index (χ4n) is 3.11. The van der Waals surface area contributed by atoms with Crippen molar-refractivity contribution in [2.75, 3.05) is 7.05 Å². The molecule has 2 rings (SSSR count). The van der Waals surface area contributed by atoms with Crippen LogP contribution in [0.1, 0.15) is 56.6 Å². The zero-order chi connectivity index (χ0) is 13.8. The molecule has 2 N–H and O–H groups in total. The number of nitrogens with zero attached hydrogens (tertiary/aromatic N) is 1. The van der Waals surface area contributed by atoms with Crippen LogP contribution < -0.4 is 5.73 Å². The zero-order valence-electron chi connectivity index (χ0n) is 12.6. The minimum atomic E-state index is 0.365. The maximum absolute atomic E-state index is 6.17. The van der Waals surface area contributed by atoms with E-state index in [4.69, 9.17) is 5.73 Å². The average molecular weight is 260 g/mol. The molecule has 0 radical (unpaired) electrons. The summed E-state index contributed by atoms with van der Waals surface area (Å²) in [5.41, 5.74) is 9.02. The van der Waals surface area contributed by atoms with Crippen LogP contribution in [-0.4, -0.2) is 24.0 Å². The molecule has 1 aromatic rings. The SMILES string of the molecule is CCC(C)c1ccc(CN(C)C2CCCC2N)cc1. The summed E-state index contributed by atoms with van der Waals surface area (Å²) in [7, 11) is 2.21. The summed E-state index contributed by atoms with van der Waals surface area (Å²) in [5, 5.41) is 0. The highest BCUT2D eigenvalue weighted by atomic mass is 15.1. The summed E-state index contributed by atoms with van der Waals surface area (Å²) in [6, 6.07) is 10.0. The van der Waals surface area contributed by atoms with Gasteiger partial charge in [-0.3, -0.25) is 4.90 Å². The number of nitrogens with two attached hydrogens (primary N) is 1. The number of benzene rings is 1. The molecule has 1 aromatic carbocycles. The minimum Gasteiger partial charge on any atom is -0.326 e. The third kappa shape index (κ3) is 3.58. The predicted octanol–water partition coefficient (Wildman–Crippen LogP) is 3.51. The van der Waals surface area contributed by atoms with Gasteiger partial charge in [0.2, 0.25) is 0 Å². The van der Waals surface area contributed by atoms with Gasteiger partial charge in [0.25, 0.3) is 0 Å². The molecule has 2 nitrogen and oxygen atoms in total. The number of hydrogen-bond donors (Lipinski definition) is 1. The van der Waals surface area contributed by atoms with Crippen LogP contribution in [0.15, 0.2) is 24.3 Å². The van der Waals surface area contributed by atoms with Gasteiger partial charge in [-0.15, -0.1) is 0 Å². The molecule has 1 aliphatic rings. The number of likely N-dealkylation sites (N-methyl/N-ethyl adjacent to an activating group) is 1. The summed E-state index contributed by atoms with van der Waals surface area (Å²) in [6.07, 6.45) is 4.92. The molecule has 19 heavy (non-hydrogen) atoms. The van der Waals surface area contributed by atoms with E-state index in [1.165, 1.54) is 36.8 Å². The lowest BCUT2D eigenvalue weighted by Crippen LogP contribution is -2.41. The second-order valence-electron chi connectivity index (χ2n) is 6.13. The number of hydrogen-bond acceptors (Lipinski definition) is 2. The van der Waals surface area contributed by atoms with Crippen molar-refractivity contribution in [2.45, 2.75) is 64.1 Å². The van der Waals surface area contributed by atoms with Crippen LogP contribution in [0, 0.1) is 0 Å². The van der Waals surface area contributed by atoms with Crippen molar-refractivity contribution in [3.05, 3.63) is 35.4 Å². The summed E-state index contributed by atoms with van der Waals surface area (Å²) < 4.78 is 0. The van der Waals surface area contributed by atoms with Gasteiger partial charge < -0.3 is 5.73 Å². The average Bonchev–Trinajstić information content (AvgIpc) is 2.85. The Labute approximate surface area is 118 Å². The van der Waals surface area contributed by atoms with Gasteiger partial charge in [0.05, 0.1) is 0 Å². The second-order valence-corrected chi connectivity index (χ2v) is 6.13. The third-order valence-corrected chi connectivity index (χ3v) is 4.69. The van der Waals surface area contributed by atoms with E-state index in [1.54, 1.807) is 0 Å². The highest BCUT2D eigenvalue weighted by Crippen LogP contribution is 2.24. The van der Waals surface area contributed by atoms with E-state index in [-0.39, 0.29) is 0 Å². The van der Waals surface area contributed by atoms with Crippen LogP contribution in [0.2, 0.25) is 0 Å². The normalized spacial score (nSPS) is 24.9. The van der Waals surface area contributed by atoms with Crippen LogP contribution in [0.5, 0.6) is 0 Å². The molecule has 0 bridgehead atoms. The first-order valence-corrected chi connectivity index (χ1v) is 7.66. The lowest BCUT2D eigenvalue weighted by Gasteiger charge is -2.27. The molecule has 1 fully saturated rings. The third-order valence-electron chi connectivity index (χ3n) is 4.69. The van der Waals surface area contributed by atoms with Gasteiger partial charge in [-0.05, 0) is 43.4 Å². The zero-order valence-corrected chi connectivity index (χ0v) is 12.6. The van der Waals surface area contributed by atoms with Crippen LogP contribution >= 0.6 is 0 Å². The van der Waals surface area contributed by atoms with Crippen molar-refractivity contribution < 1.29 is 0 Å². The number of rotatable bonds is 5. The predicted molar refractivity (Wildman–Crippen MR) is 82.2 cm³/mol. The second kappa shape index (κ2) is 6.53. The maximum Gasteiger partial charge on any atom is 0.0247 e. The molecular weight excluding hydrogens is 232 g/mol. The van der Waals surface area contributed by atoms with Gasteiger partial charge in [-0.25, -0.2) is 0 Å².